The molecule has 5 nitrogen and oxygen atoms in total. The number of aryl methyl sites for hydroxylation is 1. The van der Waals surface area contributed by atoms with Crippen molar-refractivity contribution in [1.82, 2.24) is 19.7 Å². The van der Waals surface area contributed by atoms with Crippen LogP contribution in [0.1, 0.15) is 16.8 Å². The van der Waals surface area contributed by atoms with Gasteiger partial charge in [-0.25, -0.2) is 4.39 Å². The molecule has 0 amide bonds. The number of rotatable bonds is 4. The highest BCUT2D eigenvalue weighted by Crippen LogP contribution is 2.27. The summed E-state index contributed by atoms with van der Waals surface area (Å²) in [5.74, 6) is -1.86. The number of pyridine rings is 1. The summed E-state index contributed by atoms with van der Waals surface area (Å²) in [7, 11) is 0. The SMILES string of the molecule is Cc1cccnc1-c1cc2n(n1)CCN(Cc1ccc(OC(F)(F)F)c(F)c1)C2.Cl. The maximum Gasteiger partial charge on any atom is 0.573 e. The van der Waals surface area contributed by atoms with Crippen molar-refractivity contribution in [3.8, 4) is 17.1 Å². The van der Waals surface area contributed by atoms with Crippen molar-refractivity contribution in [3.63, 3.8) is 0 Å². The summed E-state index contributed by atoms with van der Waals surface area (Å²) < 4.78 is 56.4. The normalized spacial score (nSPS) is 14.2. The van der Waals surface area contributed by atoms with Crippen LogP contribution in [0.2, 0.25) is 0 Å². The number of alkyl halides is 3. The van der Waals surface area contributed by atoms with Crippen LogP contribution >= 0.6 is 12.4 Å². The maximum absolute atomic E-state index is 13.9. The summed E-state index contributed by atoms with van der Waals surface area (Å²) in [4.78, 5) is 6.49. The predicted octanol–water partition coefficient (Wildman–Crippen LogP) is 4.73. The van der Waals surface area contributed by atoms with Gasteiger partial charge in [-0.3, -0.25) is 14.6 Å². The minimum absolute atomic E-state index is 0. The molecule has 3 heterocycles. The molecule has 2 aromatic heterocycles. The lowest BCUT2D eigenvalue weighted by Gasteiger charge is -2.27. The number of halogens is 5. The average Bonchev–Trinajstić information content (AvgIpc) is 3.06. The summed E-state index contributed by atoms with van der Waals surface area (Å²) in [5, 5.41) is 4.63. The van der Waals surface area contributed by atoms with Gasteiger partial charge in [-0.1, -0.05) is 12.1 Å². The van der Waals surface area contributed by atoms with Gasteiger partial charge in [0, 0.05) is 25.8 Å². The molecule has 0 N–H and O–H groups in total. The van der Waals surface area contributed by atoms with E-state index in [2.05, 4.69) is 19.7 Å². The summed E-state index contributed by atoms with van der Waals surface area (Å²) in [6.07, 6.45) is -3.19. The Morgan fingerprint density at radius 1 is 1.13 bits per heavy atom. The lowest BCUT2D eigenvalue weighted by molar-refractivity contribution is -0.275. The van der Waals surface area contributed by atoms with Gasteiger partial charge in [-0.05, 0) is 42.3 Å². The summed E-state index contributed by atoms with van der Waals surface area (Å²) in [6.45, 7) is 4.35. The van der Waals surface area contributed by atoms with Crippen molar-refractivity contribution >= 4 is 12.4 Å². The van der Waals surface area contributed by atoms with E-state index in [0.717, 1.165) is 34.8 Å². The van der Waals surface area contributed by atoms with Gasteiger partial charge in [-0.2, -0.15) is 5.10 Å². The van der Waals surface area contributed by atoms with E-state index in [1.165, 1.54) is 6.07 Å². The molecule has 0 aliphatic carbocycles. The van der Waals surface area contributed by atoms with Crippen LogP contribution in [0.15, 0.2) is 42.6 Å². The third-order valence-electron chi connectivity index (χ3n) is 4.76. The molecular weight excluding hydrogens is 424 g/mol. The molecule has 0 unspecified atom stereocenters. The Labute approximate surface area is 176 Å². The van der Waals surface area contributed by atoms with E-state index < -0.39 is 17.9 Å². The molecule has 1 aromatic carbocycles. The second-order valence-corrected chi connectivity index (χ2v) is 6.94. The molecule has 0 atom stereocenters. The Balaban J connectivity index is 0.00000256. The molecule has 4 rings (SSSR count). The fourth-order valence-electron chi connectivity index (χ4n) is 3.43. The number of nitrogens with zero attached hydrogens (tertiary/aromatic N) is 4. The van der Waals surface area contributed by atoms with E-state index in [4.69, 9.17) is 0 Å². The van der Waals surface area contributed by atoms with Gasteiger partial charge < -0.3 is 4.74 Å². The first-order valence-electron chi connectivity index (χ1n) is 9.04. The Hall–Kier alpha value is -2.65. The number of hydrogen-bond donors (Lipinski definition) is 0. The number of ether oxygens (including phenoxy) is 1. The maximum atomic E-state index is 13.9. The highest BCUT2D eigenvalue weighted by molar-refractivity contribution is 5.85. The zero-order valence-electron chi connectivity index (χ0n) is 16.0. The van der Waals surface area contributed by atoms with E-state index in [0.29, 0.717) is 31.7 Å². The second kappa shape index (κ2) is 8.61. The molecule has 0 fully saturated rings. The molecule has 160 valence electrons. The van der Waals surface area contributed by atoms with Crippen molar-refractivity contribution in [1.29, 1.82) is 0 Å². The first kappa shape index (κ1) is 22.0. The lowest BCUT2D eigenvalue weighted by atomic mass is 10.1. The van der Waals surface area contributed by atoms with Gasteiger partial charge in [0.25, 0.3) is 0 Å². The molecule has 1 aliphatic rings. The minimum Gasteiger partial charge on any atom is -0.403 e. The molecule has 0 saturated heterocycles. The van der Waals surface area contributed by atoms with Crippen molar-refractivity contribution in [3.05, 3.63) is 65.2 Å². The minimum atomic E-state index is -4.92. The predicted molar refractivity (Wildman–Crippen MR) is 105 cm³/mol. The number of benzene rings is 1. The number of fused-ring (bicyclic) bond motifs is 1. The van der Waals surface area contributed by atoms with E-state index >= 15 is 0 Å². The molecular formula is C20H19ClF4N4O. The van der Waals surface area contributed by atoms with Gasteiger partial charge in [0.05, 0.1) is 17.9 Å². The molecule has 30 heavy (non-hydrogen) atoms. The van der Waals surface area contributed by atoms with Gasteiger partial charge in [0.15, 0.2) is 11.6 Å². The fourth-order valence-corrected chi connectivity index (χ4v) is 3.43. The third kappa shape index (κ3) is 4.91. The zero-order chi connectivity index (χ0) is 20.6. The largest absolute Gasteiger partial charge is 0.573 e. The summed E-state index contributed by atoms with van der Waals surface area (Å²) >= 11 is 0. The smallest absolute Gasteiger partial charge is 0.403 e. The van der Waals surface area contributed by atoms with Gasteiger partial charge in [0.1, 0.15) is 5.69 Å². The Kier molecular flexibility index (Phi) is 6.33. The quantitative estimate of drug-likeness (QED) is 0.548. The monoisotopic (exact) mass is 442 g/mol. The first-order valence-corrected chi connectivity index (χ1v) is 9.04. The fraction of sp³-hybridized carbons (Fsp3) is 0.300. The van der Waals surface area contributed by atoms with E-state index in [9.17, 15) is 17.6 Å². The molecule has 1 aliphatic heterocycles. The van der Waals surface area contributed by atoms with E-state index in [-0.39, 0.29) is 12.4 Å². The highest BCUT2D eigenvalue weighted by Gasteiger charge is 2.32. The topological polar surface area (TPSA) is 43.2 Å². The average molecular weight is 443 g/mol. The first-order chi connectivity index (χ1) is 13.8. The van der Waals surface area contributed by atoms with Crippen LogP contribution in [0.3, 0.4) is 0 Å². The van der Waals surface area contributed by atoms with Crippen LogP contribution < -0.4 is 4.74 Å². The lowest BCUT2D eigenvalue weighted by Crippen LogP contribution is -2.33. The van der Waals surface area contributed by atoms with Crippen LogP contribution in [0.4, 0.5) is 17.6 Å². The van der Waals surface area contributed by atoms with Crippen molar-refractivity contribution in [2.75, 3.05) is 6.54 Å². The van der Waals surface area contributed by atoms with Crippen molar-refractivity contribution in [2.45, 2.75) is 32.9 Å². The molecule has 0 bridgehead atoms. The number of aromatic nitrogens is 3. The Morgan fingerprint density at radius 3 is 2.63 bits per heavy atom. The molecule has 10 heteroatoms. The Bertz CT molecular complexity index is 1040. The summed E-state index contributed by atoms with van der Waals surface area (Å²) in [5.41, 5.74) is 4.26. The summed E-state index contributed by atoms with van der Waals surface area (Å²) in [6, 6.07) is 9.37. The molecule has 3 aromatic rings. The second-order valence-electron chi connectivity index (χ2n) is 6.94. The van der Waals surface area contributed by atoms with Crippen LogP contribution in [-0.4, -0.2) is 32.6 Å². The van der Waals surface area contributed by atoms with E-state index in [1.807, 2.05) is 29.8 Å². The van der Waals surface area contributed by atoms with Gasteiger partial charge in [-0.15, -0.1) is 25.6 Å². The van der Waals surface area contributed by atoms with Gasteiger partial charge >= 0.3 is 6.36 Å². The Morgan fingerprint density at radius 2 is 1.93 bits per heavy atom. The van der Waals surface area contributed by atoms with Crippen LogP contribution in [-0.2, 0) is 19.6 Å². The molecule has 0 radical (unpaired) electrons. The standard InChI is InChI=1S/C20H18F4N4O.ClH/c1-13-3-2-6-25-19(13)17-10-15-12-27(7-8-28(15)26-17)11-14-4-5-18(16(21)9-14)29-20(22,23)24;/h2-6,9-10H,7-8,11-12H2,1H3;1H. The number of hydrogen-bond acceptors (Lipinski definition) is 4. The molecule has 0 saturated carbocycles. The van der Waals surface area contributed by atoms with Crippen LogP contribution in [0.5, 0.6) is 5.75 Å². The zero-order valence-corrected chi connectivity index (χ0v) is 16.8. The molecule has 0 spiro atoms. The highest BCUT2D eigenvalue weighted by atomic mass is 35.5. The van der Waals surface area contributed by atoms with Crippen LogP contribution in [0.25, 0.3) is 11.4 Å². The van der Waals surface area contributed by atoms with Crippen molar-refractivity contribution < 1.29 is 22.3 Å². The van der Waals surface area contributed by atoms with Crippen LogP contribution in [0, 0.1) is 12.7 Å². The third-order valence-corrected chi connectivity index (χ3v) is 4.76. The van der Waals surface area contributed by atoms with Gasteiger partial charge in [0.2, 0.25) is 0 Å². The van der Waals surface area contributed by atoms with E-state index in [1.54, 1.807) is 6.20 Å². The van der Waals surface area contributed by atoms with Crippen molar-refractivity contribution in [2.24, 2.45) is 0 Å².